The molecule has 0 bridgehead atoms. The lowest BCUT2D eigenvalue weighted by atomic mass is 9.96. The molecule has 148 valence electrons. The van der Waals surface area contributed by atoms with Crippen LogP contribution in [0, 0.1) is 6.92 Å². The molecule has 3 rings (SSSR count). The Hall–Kier alpha value is -2.71. The molecule has 0 spiro atoms. The van der Waals surface area contributed by atoms with Crippen LogP contribution < -0.4 is 5.32 Å². The van der Waals surface area contributed by atoms with Gasteiger partial charge < -0.3 is 10.1 Å². The minimum atomic E-state index is -3.62. The lowest BCUT2D eigenvalue weighted by Gasteiger charge is -2.33. The van der Waals surface area contributed by atoms with Crippen LogP contribution in [0.5, 0.6) is 0 Å². The van der Waals surface area contributed by atoms with Crippen molar-refractivity contribution in [2.45, 2.75) is 25.9 Å². The first-order valence-corrected chi connectivity index (χ1v) is 10.7. The van der Waals surface area contributed by atoms with E-state index in [4.69, 9.17) is 4.74 Å². The van der Waals surface area contributed by atoms with Crippen molar-refractivity contribution in [3.8, 4) is 0 Å². The van der Waals surface area contributed by atoms with Gasteiger partial charge in [0.25, 0.3) is 5.91 Å². The van der Waals surface area contributed by atoms with Crippen molar-refractivity contribution < 1.29 is 22.7 Å². The Bertz CT molecular complexity index is 986. The molecular weight excluding hydrogens is 380 g/mol. The molecule has 7 nitrogen and oxygen atoms in total. The van der Waals surface area contributed by atoms with Gasteiger partial charge in [-0.15, -0.1) is 0 Å². The van der Waals surface area contributed by atoms with Gasteiger partial charge in [0.2, 0.25) is 10.0 Å². The molecule has 2 aromatic rings. The fraction of sp³-hybridized carbons (Fsp3) is 0.300. The summed E-state index contributed by atoms with van der Waals surface area (Å²) in [6.07, 6.45) is 1.27. The minimum Gasteiger partial charge on any atom is -0.454 e. The molecule has 1 atom stereocenters. The second-order valence-electron chi connectivity index (χ2n) is 6.82. The number of amides is 1. The third kappa shape index (κ3) is 4.76. The molecule has 1 aliphatic rings. The Labute approximate surface area is 164 Å². The van der Waals surface area contributed by atoms with Crippen molar-refractivity contribution in [1.82, 2.24) is 4.31 Å². The first kappa shape index (κ1) is 20.0. The molecule has 1 N–H and O–H groups in total. The number of rotatable bonds is 5. The van der Waals surface area contributed by atoms with Crippen LogP contribution in [0.15, 0.2) is 48.5 Å². The molecule has 1 aliphatic heterocycles. The molecule has 0 unspecified atom stereocenters. The smallest absolute Gasteiger partial charge is 0.325 e. The molecular formula is C20H22N2O5S. The summed E-state index contributed by atoms with van der Waals surface area (Å²) in [7, 11) is -3.62. The van der Waals surface area contributed by atoms with Gasteiger partial charge in [-0.3, -0.25) is 9.59 Å². The number of nitrogens with zero attached hydrogens (tertiary/aromatic N) is 1. The number of fused-ring (bicyclic) bond motifs is 1. The van der Waals surface area contributed by atoms with E-state index < -0.39 is 34.5 Å². The zero-order chi connectivity index (χ0) is 20.3. The summed E-state index contributed by atoms with van der Waals surface area (Å²) in [4.78, 5) is 24.6. The Balaban J connectivity index is 1.66. The van der Waals surface area contributed by atoms with Gasteiger partial charge in [0, 0.05) is 18.7 Å². The van der Waals surface area contributed by atoms with Crippen LogP contribution in [0.4, 0.5) is 5.69 Å². The number of aryl methyl sites for hydroxylation is 1. The standard InChI is InChI=1S/C20H22N2O5S/c1-14-7-9-17(10-8-14)21-19(23)13-27-20(24)18-11-15-5-3-4-6-16(15)12-22(18)28(2,25)26/h3-10,18H,11-13H2,1-2H3,(H,21,23)/t18-/m0/s1. The van der Waals surface area contributed by atoms with Gasteiger partial charge >= 0.3 is 5.97 Å². The first-order valence-electron chi connectivity index (χ1n) is 8.81. The van der Waals surface area contributed by atoms with E-state index in [0.717, 1.165) is 27.3 Å². The SMILES string of the molecule is Cc1ccc(NC(=O)COC(=O)[C@@H]2Cc3ccccc3CN2S(C)(=O)=O)cc1. The number of benzene rings is 2. The Morgan fingerprint density at radius 1 is 1.11 bits per heavy atom. The summed E-state index contributed by atoms with van der Waals surface area (Å²) in [5.41, 5.74) is 3.40. The van der Waals surface area contributed by atoms with Crippen molar-refractivity contribution in [1.29, 1.82) is 0 Å². The van der Waals surface area contributed by atoms with Gasteiger partial charge in [-0.25, -0.2) is 8.42 Å². The summed E-state index contributed by atoms with van der Waals surface area (Å²) in [6, 6.07) is 13.6. The third-order valence-corrected chi connectivity index (χ3v) is 5.82. The Morgan fingerprint density at radius 2 is 1.75 bits per heavy atom. The number of carbonyl (C=O) groups is 2. The molecule has 0 aliphatic carbocycles. The molecule has 8 heteroatoms. The van der Waals surface area contributed by atoms with Crippen molar-refractivity contribution in [3.63, 3.8) is 0 Å². The number of sulfonamides is 1. The average molecular weight is 402 g/mol. The van der Waals surface area contributed by atoms with Crippen molar-refractivity contribution in [2.75, 3.05) is 18.2 Å². The maximum atomic E-state index is 12.6. The first-order chi connectivity index (χ1) is 13.2. The van der Waals surface area contributed by atoms with Crippen LogP contribution in [-0.2, 0) is 37.3 Å². The predicted molar refractivity (Wildman–Crippen MR) is 105 cm³/mol. The van der Waals surface area contributed by atoms with Gasteiger partial charge in [0.15, 0.2) is 6.61 Å². The fourth-order valence-corrected chi connectivity index (χ4v) is 4.11. The van der Waals surface area contributed by atoms with E-state index in [9.17, 15) is 18.0 Å². The summed E-state index contributed by atoms with van der Waals surface area (Å²) in [5.74, 6) is -1.22. The van der Waals surface area contributed by atoms with Crippen LogP contribution in [0.1, 0.15) is 16.7 Å². The monoisotopic (exact) mass is 402 g/mol. The maximum absolute atomic E-state index is 12.6. The highest BCUT2D eigenvalue weighted by molar-refractivity contribution is 7.88. The van der Waals surface area contributed by atoms with Crippen LogP contribution in [-0.4, -0.2) is 43.5 Å². The molecule has 2 aromatic carbocycles. The largest absolute Gasteiger partial charge is 0.454 e. The number of anilines is 1. The number of hydrogen-bond donors (Lipinski definition) is 1. The minimum absolute atomic E-state index is 0.102. The summed E-state index contributed by atoms with van der Waals surface area (Å²) in [5, 5.41) is 2.64. The van der Waals surface area contributed by atoms with Crippen LogP contribution in [0.2, 0.25) is 0 Å². The Morgan fingerprint density at radius 3 is 2.39 bits per heavy atom. The topological polar surface area (TPSA) is 92.8 Å². The van der Waals surface area contributed by atoms with Gasteiger partial charge in [-0.2, -0.15) is 4.31 Å². The van der Waals surface area contributed by atoms with E-state index in [1.807, 2.05) is 43.3 Å². The number of hydrogen-bond acceptors (Lipinski definition) is 5. The van der Waals surface area contributed by atoms with Crippen LogP contribution in [0.3, 0.4) is 0 Å². The highest BCUT2D eigenvalue weighted by atomic mass is 32.2. The quantitative estimate of drug-likeness (QED) is 0.771. The summed E-state index contributed by atoms with van der Waals surface area (Å²) in [6.45, 7) is 1.55. The lowest BCUT2D eigenvalue weighted by molar-refractivity contribution is -0.151. The van der Waals surface area contributed by atoms with Crippen molar-refractivity contribution >= 4 is 27.6 Å². The molecule has 0 saturated carbocycles. The van der Waals surface area contributed by atoms with Crippen LogP contribution >= 0.6 is 0 Å². The van der Waals surface area contributed by atoms with E-state index in [2.05, 4.69) is 5.32 Å². The lowest BCUT2D eigenvalue weighted by Crippen LogP contribution is -2.49. The number of esters is 1. The number of ether oxygens (including phenoxy) is 1. The molecule has 0 aromatic heterocycles. The molecule has 0 fully saturated rings. The van der Waals surface area contributed by atoms with Crippen molar-refractivity contribution in [2.24, 2.45) is 0 Å². The van der Waals surface area contributed by atoms with E-state index in [0.29, 0.717) is 5.69 Å². The molecule has 1 amide bonds. The van der Waals surface area contributed by atoms with Gasteiger partial charge in [-0.05, 0) is 30.2 Å². The average Bonchev–Trinajstić information content (AvgIpc) is 2.66. The zero-order valence-electron chi connectivity index (χ0n) is 15.7. The summed E-state index contributed by atoms with van der Waals surface area (Å²) < 4.78 is 30.6. The van der Waals surface area contributed by atoms with Gasteiger partial charge in [-0.1, -0.05) is 42.0 Å². The predicted octanol–water partition coefficient (Wildman–Crippen LogP) is 1.86. The molecule has 0 radical (unpaired) electrons. The zero-order valence-corrected chi connectivity index (χ0v) is 16.5. The number of carbonyl (C=O) groups excluding carboxylic acids is 2. The summed E-state index contributed by atoms with van der Waals surface area (Å²) >= 11 is 0. The molecule has 0 saturated heterocycles. The second-order valence-corrected chi connectivity index (χ2v) is 8.75. The maximum Gasteiger partial charge on any atom is 0.325 e. The Kier molecular flexibility index (Phi) is 5.81. The van der Waals surface area contributed by atoms with E-state index in [1.54, 1.807) is 12.1 Å². The third-order valence-electron chi connectivity index (χ3n) is 4.58. The molecule has 28 heavy (non-hydrogen) atoms. The highest BCUT2D eigenvalue weighted by Gasteiger charge is 2.38. The van der Waals surface area contributed by atoms with Gasteiger partial charge in [0.1, 0.15) is 6.04 Å². The normalized spacial score (nSPS) is 16.9. The van der Waals surface area contributed by atoms with Gasteiger partial charge in [0.05, 0.1) is 6.26 Å². The second kappa shape index (κ2) is 8.12. The van der Waals surface area contributed by atoms with E-state index in [-0.39, 0.29) is 13.0 Å². The van der Waals surface area contributed by atoms with Crippen molar-refractivity contribution in [3.05, 3.63) is 65.2 Å². The number of nitrogens with one attached hydrogen (secondary N) is 1. The van der Waals surface area contributed by atoms with E-state index >= 15 is 0 Å². The highest BCUT2D eigenvalue weighted by Crippen LogP contribution is 2.26. The fourth-order valence-electron chi connectivity index (χ4n) is 3.12. The van der Waals surface area contributed by atoms with E-state index in [1.165, 1.54) is 0 Å². The molecule has 1 heterocycles. The van der Waals surface area contributed by atoms with Crippen LogP contribution in [0.25, 0.3) is 0 Å².